The van der Waals surface area contributed by atoms with Gasteiger partial charge in [0.1, 0.15) is 5.82 Å². The van der Waals surface area contributed by atoms with Gasteiger partial charge < -0.3 is 10.2 Å². The van der Waals surface area contributed by atoms with Crippen molar-refractivity contribution in [3.63, 3.8) is 0 Å². The van der Waals surface area contributed by atoms with Gasteiger partial charge in [0.2, 0.25) is 5.91 Å². The molecule has 0 aliphatic carbocycles. The Morgan fingerprint density at radius 3 is 3.00 bits per heavy atom. The van der Waals surface area contributed by atoms with Gasteiger partial charge in [-0.15, -0.1) is 0 Å². The van der Waals surface area contributed by atoms with Crippen LogP contribution in [0.2, 0.25) is 0 Å². The van der Waals surface area contributed by atoms with Gasteiger partial charge in [0.25, 0.3) is 0 Å². The van der Waals surface area contributed by atoms with E-state index in [2.05, 4.69) is 27.5 Å². The van der Waals surface area contributed by atoms with Crippen LogP contribution in [-0.4, -0.2) is 45.7 Å². The Labute approximate surface area is 149 Å². The molecule has 1 unspecified atom stereocenters. The Hall–Kier alpha value is -2.37. The molecule has 1 atom stereocenters. The van der Waals surface area contributed by atoms with Gasteiger partial charge in [-0.1, -0.05) is 0 Å². The molecule has 1 amide bonds. The fourth-order valence-electron chi connectivity index (χ4n) is 3.50. The van der Waals surface area contributed by atoms with E-state index in [9.17, 15) is 4.79 Å². The van der Waals surface area contributed by atoms with Crippen LogP contribution < -0.4 is 5.32 Å². The smallest absolute Gasteiger partial charge is 0.222 e. The average molecular weight is 341 g/mol. The molecule has 1 saturated heterocycles. The summed E-state index contributed by atoms with van der Waals surface area (Å²) in [5.74, 6) is 1.52. The van der Waals surface area contributed by atoms with E-state index in [1.54, 1.807) is 0 Å². The Morgan fingerprint density at radius 1 is 1.44 bits per heavy atom. The average Bonchev–Trinajstić information content (AvgIpc) is 2.98. The second kappa shape index (κ2) is 7.68. The number of piperidine rings is 1. The van der Waals surface area contributed by atoms with Gasteiger partial charge >= 0.3 is 0 Å². The number of amides is 1. The maximum atomic E-state index is 12.7. The zero-order chi connectivity index (χ0) is 17.8. The van der Waals surface area contributed by atoms with Gasteiger partial charge in [0, 0.05) is 51.4 Å². The van der Waals surface area contributed by atoms with Crippen LogP contribution in [0.4, 0.5) is 5.82 Å². The molecule has 6 heteroatoms. The van der Waals surface area contributed by atoms with E-state index < -0.39 is 0 Å². The predicted molar refractivity (Wildman–Crippen MR) is 98.6 cm³/mol. The summed E-state index contributed by atoms with van der Waals surface area (Å²) < 4.78 is 1.86. The molecule has 2 aromatic heterocycles. The summed E-state index contributed by atoms with van der Waals surface area (Å²) in [6.07, 6.45) is 7.21. The number of pyridine rings is 1. The SMILES string of the molecule is CNc1cc(C2CCCN(C(=O)CCc3cnn(C)c3C)C2)ccn1. The number of rotatable bonds is 5. The van der Waals surface area contributed by atoms with E-state index in [4.69, 9.17) is 0 Å². The van der Waals surface area contributed by atoms with Crippen molar-refractivity contribution in [3.05, 3.63) is 41.3 Å². The van der Waals surface area contributed by atoms with Crippen molar-refractivity contribution in [2.75, 3.05) is 25.5 Å². The van der Waals surface area contributed by atoms with E-state index in [-0.39, 0.29) is 5.91 Å². The molecule has 1 N–H and O–H groups in total. The first kappa shape index (κ1) is 17.5. The topological polar surface area (TPSA) is 63.1 Å². The van der Waals surface area contributed by atoms with Gasteiger partial charge in [0.05, 0.1) is 6.20 Å². The van der Waals surface area contributed by atoms with Crippen molar-refractivity contribution in [1.82, 2.24) is 19.7 Å². The van der Waals surface area contributed by atoms with Crippen LogP contribution in [0.5, 0.6) is 0 Å². The summed E-state index contributed by atoms with van der Waals surface area (Å²) in [6, 6.07) is 4.16. The summed E-state index contributed by atoms with van der Waals surface area (Å²) >= 11 is 0. The van der Waals surface area contributed by atoms with E-state index >= 15 is 0 Å². The first-order chi connectivity index (χ1) is 12.1. The third kappa shape index (κ3) is 4.00. The summed E-state index contributed by atoms with van der Waals surface area (Å²) in [5, 5.41) is 7.34. The quantitative estimate of drug-likeness (QED) is 0.908. The maximum Gasteiger partial charge on any atom is 0.222 e. The highest BCUT2D eigenvalue weighted by Crippen LogP contribution is 2.28. The predicted octanol–water partition coefficient (Wildman–Crippen LogP) is 2.50. The molecular weight excluding hydrogens is 314 g/mol. The Kier molecular flexibility index (Phi) is 5.36. The van der Waals surface area contributed by atoms with Crippen LogP contribution in [0.15, 0.2) is 24.5 Å². The highest BCUT2D eigenvalue weighted by atomic mass is 16.2. The minimum absolute atomic E-state index is 0.246. The summed E-state index contributed by atoms with van der Waals surface area (Å²) in [6.45, 7) is 3.72. The number of hydrogen-bond acceptors (Lipinski definition) is 4. The Balaban J connectivity index is 1.60. The molecule has 25 heavy (non-hydrogen) atoms. The first-order valence-corrected chi connectivity index (χ1v) is 8.97. The summed E-state index contributed by atoms with van der Waals surface area (Å²) in [7, 11) is 3.81. The number of carbonyl (C=O) groups excluding carboxylic acids is 1. The van der Waals surface area contributed by atoms with Crippen LogP contribution in [0.25, 0.3) is 0 Å². The molecule has 0 saturated carbocycles. The van der Waals surface area contributed by atoms with Crippen molar-refractivity contribution in [3.8, 4) is 0 Å². The third-order valence-electron chi connectivity index (χ3n) is 5.23. The first-order valence-electron chi connectivity index (χ1n) is 8.97. The number of carbonyl (C=O) groups is 1. The number of hydrogen-bond donors (Lipinski definition) is 1. The van der Waals surface area contributed by atoms with Gasteiger partial charge in [0.15, 0.2) is 0 Å². The van der Waals surface area contributed by atoms with Gasteiger partial charge in [-0.2, -0.15) is 5.10 Å². The van der Waals surface area contributed by atoms with E-state index in [0.29, 0.717) is 12.3 Å². The fourth-order valence-corrected chi connectivity index (χ4v) is 3.50. The number of nitrogens with one attached hydrogen (secondary N) is 1. The van der Waals surface area contributed by atoms with Gasteiger partial charge in [-0.05, 0) is 49.4 Å². The zero-order valence-electron chi connectivity index (χ0n) is 15.3. The second-order valence-corrected chi connectivity index (χ2v) is 6.78. The van der Waals surface area contributed by atoms with Crippen molar-refractivity contribution >= 4 is 11.7 Å². The van der Waals surface area contributed by atoms with Crippen LogP contribution in [0.1, 0.15) is 42.0 Å². The van der Waals surface area contributed by atoms with Crippen molar-refractivity contribution in [2.24, 2.45) is 7.05 Å². The molecule has 3 heterocycles. The second-order valence-electron chi connectivity index (χ2n) is 6.78. The largest absolute Gasteiger partial charge is 0.373 e. The third-order valence-corrected chi connectivity index (χ3v) is 5.23. The molecule has 0 bridgehead atoms. The van der Waals surface area contributed by atoms with Crippen molar-refractivity contribution in [1.29, 1.82) is 0 Å². The molecule has 134 valence electrons. The Bertz CT molecular complexity index is 739. The molecule has 0 radical (unpaired) electrons. The van der Waals surface area contributed by atoms with E-state index in [1.165, 1.54) is 5.56 Å². The molecule has 0 spiro atoms. The lowest BCUT2D eigenvalue weighted by Crippen LogP contribution is -2.39. The fraction of sp³-hybridized carbons (Fsp3) is 0.526. The Morgan fingerprint density at radius 2 is 2.28 bits per heavy atom. The summed E-state index contributed by atoms with van der Waals surface area (Å²) in [4.78, 5) is 19.0. The molecule has 2 aromatic rings. The highest BCUT2D eigenvalue weighted by molar-refractivity contribution is 5.76. The lowest BCUT2D eigenvalue weighted by atomic mass is 9.91. The highest BCUT2D eigenvalue weighted by Gasteiger charge is 2.25. The van der Waals surface area contributed by atoms with E-state index in [0.717, 1.165) is 49.4 Å². The number of aryl methyl sites for hydroxylation is 2. The monoisotopic (exact) mass is 341 g/mol. The minimum atomic E-state index is 0.246. The number of aromatic nitrogens is 3. The lowest BCUT2D eigenvalue weighted by molar-refractivity contribution is -0.132. The lowest BCUT2D eigenvalue weighted by Gasteiger charge is -2.33. The minimum Gasteiger partial charge on any atom is -0.373 e. The number of anilines is 1. The normalized spacial score (nSPS) is 17.6. The van der Waals surface area contributed by atoms with Gasteiger partial charge in [-0.3, -0.25) is 9.48 Å². The maximum absolute atomic E-state index is 12.7. The molecule has 1 aliphatic rings. The van der Waals surface area contributed by atoms with Crippen LogP contribution in [0, 0.1) is 6.92 Å². The van der Waals surface area contributed by atoms with Crippen molar-refractivity contribution in [2.45, 2.75) is 38.5 Å². The number of likely N-dealkylation sites (tertiary alicyclic amines) is 1. The molecule has 1 aliphatic heterocycles. The van der Waals surface area contributed by atoms with Crippen molar-refractivity contribution < 1.29 is 4.79 Å². The van der Waals surface area contributed by atoms with E-state index in [1.807, 2.05) is 43.0 Å². The van der Waals surface area contributed by atoms with Crippen LogP contribution >= 0.6 is 0 Å². The molecule has 3 rings (SSSR count). The number of nitrogens with zero attached hydrogens (tertiary/aromatic N) is 4. The molecule has 6 nitrogen and oxygen atoms in total. The molecule has 0 aromatic carbocycles. The van der Waals surface area contributed by atoms with Gasteiger partial charge in [-0.25, -0.2) is 4.98 Å². The molecule has 1 fully saturated rings. The standard InChI is InChI=1S/C19H27N5O/c1-14-16(12-22-23(14)3)6-7-19(25)24-10-4-5-17(13-24)15-8-9-21-18(11-15)20-2/h8-9,11-12,17H,4-7,10,13H2,1-3H3,(H,20,21). The zero-order valence-corrected chi connectivity index (χ0v) is 15.3. The van der Waals surface area contributed by atoms with Crippen LogP contribution in [0.3, 0.4) is 0 Å². The molecular formula is C19H27N5O. The summed E-state index contributed by atoms with van der Waals surface area (Å²) in [5.41, 5.74) is 3.57. The van der Waals surface area contributed by atoms with Crippen LogP contribution in [-0.2, 0) is 18.3 Å².